The second-order valence-corrected chi connectivity index (χ2v) is 8.99. The highest BCUT2D eigenvalue weighted by atomic mass is 16.5. The van der Waals surface area contributed by atoms with Gasteiger partial charge in [-0.05, 0) is 66.3 Å². The smallest absolute Gasteiger partial charge is 0.295 e. The summed E-state index contributed by atoms with van der Waals surface area (Å²) < 4.78 is 5.75. The summed E-state index contributed by atoms with van der Waals surface area (Å²) in [6.45, 7) is 8.67. The number of hydrogen-bond donors (Lipinski definition) is 1. The van der Waals surface area contributed by atoms with Crippen molar-refractivity contribution in [1.82, 2.24) is 9.88 Å². The number of amides is 1. The molecule has 2 heterocycles. The van der Waals surface area contributed by atoms with E-state index in [4.69, 9.17) is 4.74 Å². The molecule has 1 aliphatic rings. The molecule has 1 aliphatic heterocycles. The standard InChI is InChI=1S/C29H30N2O4/c1-5-35-24-13-12-21(15-23(24)18(2)3)27(32)25-26(22-11-7-6-9-19(22)4)31(29(34)28(25)33)17-20-10-8-14-30-16-20/h6-16,18,26,32H,5,17H2,1-4H3/b27-25+. The van der Waals surface area contributed by atoms with E-state index in [1.807, 2.05) is 70.2 Å². The Labute approximate surface area is 205 Å². The van der Waals surface area contributed by atoms with Crippen LogP contribution in [0.5, 0.6) is 5.75 Å². The van der Waals surface area contributed by atoms with Crippen LogP contribution in [0.2, 0.25) is 0 Å². The first-order valence-electron chi connectivity index (χ1n) is 11.8. The van der Waals surface area contributed by atoms with Crippen LogP contribution in [0.25, 0.3) is 5.76 Å². The number of benzene rings is 2. The van der Waals surface area contributed by atoms with Crippen LogP contribution in [0, 0.1) is 6.92 Å². The molecule has 0 bridgehead atoms. The van der Waals surface area contributed by atoms with Crippen molar-refractivity contribution < 1.29 is 19.4 Å². The van der Waals surface area contributed by atoms with Crippen molar-refractivity contribution in [1.29, 1.82) is 0 Å². The van der Waals surface area contributed by atoms with Crippen LogP contribution >= 0.6 is 0 Å². The summed E-state index contributed by atoms with van der Waals surface area (Å²) >= 11 is 0. The van der Waals surface area contributed by atoms with Gasteiger partial charge in [-0.2, -0.15) is 0 Å². The number of carbonyl (C=O) groups excluding carboxylic acids is 2. The zero-order valence-corrected chi connectivity index (χ0v) is 20.5. The number of aryl methyl sites for hydroxylation is 1. The number of ether oxygens (including phenoxy) is 1. The number of ketones is 1. The molecule has 1 N–H and O–H groups in total. The van der Waals surface area contributed by atoms with Gasteiger partial charge in [-0.15, -0.1) is 0 Å². The monoisotopic (exact) mass is 470 g/mol. The molecule has 4 rings (SSSR count). The molecule has 6 nitrogen and oxygen atoms in total. The summed E-state index contributed by atoms with van der Waals surface area (Å²) in [4.78, 5) is 32.3. The highest BCUT2D eigenvalue weighted by Crippen LogP contribution is 2.42. The maximum atomic E-state index is 13.4. The quantitative estimate of drug-likeness (QED) is 0.279. The van der Waals surface area contributed by atoms with Crippen LogP contribution in [0.1, 0.15) is 60.5 Å². The second kappa shape index (κ2) is 10.1. The van der Waals surface area contributed by atoms with E-state index in [2.05, 4.69) is 4.98 Å². The van der Waals surface area contributed by atoms with Gasteiger partial charge in [-0.3, -0.25) is 14.6 Å². The fourth-order valence-electron chi connectivity index (χ4n) is 4.54. The number of pyridine rings is 1. The maximum Gasteiger partial charge on any atom is 0.295 e. The molecule has 1 aromatic heterocycles. The van der Waals surface area contributed by atoms with Gasteiger partial charge in [0.05, 0.1) is 18.2 Å². The summed E-state index contributed by atoms with van der Waals surface area (Å²) in [7, 11) is 0. The SMILES string of the molecule is CCOc1ccc(/C(O)=C2\C(=O)C(=O)N(Cc3cccnc3)C2c2ccccc2C)cc1C(C)C. The van der Waals surface area contributed by atoms with Crippen molar-refractivity contribution in [2.75, 3.05) is 6.61 Å². The average Bonchev–Trinajstić information content (AvgIpc) is 3.09. The van der Waals surface area contributed by atoms with Gasteiger partial charge >= 0.3 is 0 Å². The Morgan fingerprint density at radius 3 is 2.54 bits per heavy atom. The predicted octanol–water partition coefficient (Wildman–Crippen LogP) is 5.53. The molecule has 1 atom stereocenters. The summed E-state index contributed by atoms with van der Waals surface area (Å²) in [6.07, 6.45) is 3.34. The number of aliphatic hydroxyl groups is 1. The van der Waals surface area contributed by atoms with E-state index in [1.54, 1.807) is 24.5 Å². The Balaban J connectivity index is 1.88. The summed E-state index contributed by atoms with van der Waals surface area (Å²) in [5.74, 6) is -0.635. The summed E-state index contributed by atoms with van der Waals surface area (Å²) in [5.41, 5.74) is 4.02. The minimum absolute atomic E-state index is 0.0899. The van der Waals surface area contributed by atoms with Crippen LogP contribution in [0.4, 0.5) is 0 Å². The van der Waals surface area contributed by atoms with Gasteiger partial charge in [0.2, 0.25) is 0 Å². The first-order chi connectivity index (χ1) is 16.8. The van der Waals surface area contributed by atoms with Crippen molar-refractivity contribution in [3.8, 4) is 5.75 Å². The molecule has 0 radical (unpaired) electrons. The summed E-state index contributed by atoms with van der Waals surface area (Å²) in [6, 6.07) is 15.9. The van der Waals surface area contributed by atoms with E-state index in [1.165, 1.54) is 4.90 Å². The van der Waals surface area contributed by atoms with Crippen molar-refractivity contribution in [2.24, 2.45) is 0 Å². The van der Waals surface area contributed by atoms with Crippen LogP contribution in [-0.2, 0) is 16.1 Å². The van der Waals surface area contributed by atoms with Crippen LogP contribution in [-0.4, -0.2) is 33.3 Å². The molecule has 0 saturated carbocycles. The molecular formula is C29H30N2O4. The molecule has 2 aromatic carbocycles. The lowest BCUT2D eigenvalue weighted by atomic mass is 9.91. The predicted molar refractivity (Wildman–Crippen MR) is 135 cm³/mol. The van der Waals surface area contributed by atoms with Crippen molar-refractivity contribution in [2.45, 2.75) is 46.2 Å². The van der Waals surface area contributed by atoms with Gasteiger partial charge in [-0.1, -0.05) is 44.2 Å². The Morgan fingerprint density at radius 1 is 1.11 bits per heavy atom. The normalized spacial score (nSPS) is 17.3. The third-order valence-corrected chi connectivity index (χ3v) is 6.30. The van der Waals surface area contributed by atoms with E-state index >= 15 is 0 Å². The Kier molecular flexibility index (Phi) is 7.01. The highest BCUT2D eigenvalue weighted by molar-refractivity contribution is 6.46. The molecule has 1 unspecified atom stereocenters. The molecule has 1 saturated heterocycles. The first kappa shape index (κ1) is 24.2. The van der Waals surface area contributed by atoms with Gasteiger partial charge < -0.3 is 14.7 Å². The zero-order chi connectivity index (χ0) is 25.1. The minimum atomic E-state index is -0.717. The number of likely N-dealkylation sites (tertiary alicyclic amines) is 1. The Morgan fingerprint density at radius 2 is 1.89 bits per heavy atom. The molecule has 35 heavy (non-hydrogen) atoms. The number of carbonyl (C=O) groups is 2. The lowest BCUT2D eigenvalue weighted by Gasteiger charge is -2.26. The van der Waals surface area contributed by atoms with Gasteiger partial charge in [-0.25, -0.2) is 0 Å². The number of aromatic nitrogens is 1. The largest absolute Gasteiger partial charge is 0.507 e. The van der Waals surface area contributed by atoms with Gasteiger partial charge in [0.25, 0.3) is 11.7 Å². The number of nitrogens with zero attached hydrogens (tertiary/aromatic N) is 2. The van der Waals surface area contributed by atoms with Crippen LogP contribution < -0.4 is 4.74 Å². The van der Waals surface area contributed by atoms with E-state index < -0.39 is 17.7 Å². The van der Waals surface area contributed by atoms with E-state index in [9.17, 15) is 14.7 Å². The van der Waals surface area contributed by atoms with Crippen LogP contribution in [0.15, 0.2) is 72.6 Å². The lowest BCUT2D eigenvalue weighted by Crippen LogP contribution is -2.29. The molecule has 0 spiro atoms. The molecule has 3 aromatic rings. The van der Waals surface area contributed by atoms with Gasteiger partial charge in [0.1, 0.15) is 11.5 Å². The second-order valence-electron chi connectivity index (χ2n) is 8.99. The van der Waals surface area contributed by atoms with Crippen molar-refractivity contribution in [3.63, 3.8) is 0 Å². The van der Waals surface area contributed by atoms with Crippen molar-refractivity contribution >= 4 is 17.4 Å². The van der Waals surface area contributed by atoms with Gasteiger partial charge in [0, 0.05) is 24.5 Å². The van der Waals surface area contributed by atoms with E-state index in [0.717, 1.165) is 28.0 Å². The molecular weight excluding hydrogens is 440 g/mol. The maximum absolute atomic E-state index is 13.4. The number of Topliss-reactive ketones (excluding diaryl/α,β-unsaturated/α-hetero) is 1. The molecule has 0 aliphatic carbocycles. The van der Waals surface area contributed by atoms with Crippen molar-refractivity contribution in [3.05, 3.63) is 100 Å². The average molecular weight is 471 g/mol. The number of rotatable bonds is 7. The fraction of sp³-hybridized carbons (Fsp3) is 0.276. The molecule has 180 valence electrons. The topological polar surface area (TPSA) is 79.7 Å². The first-order valence-corrected chi connectivity index (χ1v) is 11.8. The zero-order valence-electron chi connectivity index (χ0n) is 20.5. The number of hydrogen-bond acceptors (Lipinski definition) is 5. The molecule has 1 amide bonds. The summed E-state index contributed by atoms with van der Waals surface area (Å²) in [5, 5.41) is 11.5. The molecule has 1 fully saturated rings. The third kappa shape index (κ3) is 4.69. The number of aliphatic hydroxyl groups excluding tert-OH is 1. The fourth-order valence-corrected chi connectivity index (χ4v) is 4.54. The minimum Gasteiger partial charge on any atom is -0.507 e. The van der Waals surface area contributed by atoms with E-state index in [0.29, 0.717) is 12.2 Å². The Hall–Kier alpha value is -3.93. The van der Waals surface area contributed by atoms with Gasteiger partial charge in [0.15, 0.2) is 0 Å². The lowest BCUT2D eigenvalue weighted by molar-refractivity contribution is -0.140. The van der Waals surface area contributed by atoms with E-state index in [-0.39, 0.29) is 23.8 Å². The highest BCUT2D eigenvalue weighted by Gasteiger charge is 2.46. The Bertz CT molecular complexity index is 1280. The molecule has 6 heteroatoms. The third-order valence-electron chi connectivity index (χ3n) is 6.30. The van der Waals surface area contributed by atoms with Crippen LogP contribution in [0.3, 0.4) is 0 Å².